The molecule has 0 fully saturated rings. The maximum atomic E-state index is 4.97. The topological polar surface area (TPSA) is 74.2 Å². The van der Waals surface area contributed by atoms with Crippen molar-refractivity contribution in [1.82, 2.24) is 10.1 Å². The lowest BCUT2D eigenvalue weighted by molar-refractivity contribution is 0.0996. The molecule has 84 valence electrons. The monoisotopic (exact) mass is 283 g/mol. The molecule has 0 aliphatic rings. The number of halogens is 1. The van der Waals surface area contributed by atoms with Gasteiger partial charge in [0.1, 0.15) is 6.61 Å². The van der Waals surface area contributed by atoms with Gasteiger partial charge in [-0.2, -0.15) is 4.98 Å². The first-order valence-electron chi connectivity index (χ1n) is 4.61. The number of hydrogen-bond donors (Lipinski definition) is 1. The molecule has 6 heteroatoms. The largest absolute Gasteiger partial charge is 0.336 e. The molecule has 1 heterocycles. The highest BCUT2D eigenvalue weighted by Crippen LogP contribution is 2.23. The fraction of sp³-hybridized carbons (Fsp3) is 0.200. The Balaban J connectivity index is 2.35. The zero-order chi connectivity index (χ0) is 11.5. The van der Waals surface area contributed by atoms with E-state index in [-0.39, 0.29) is 6.61 Å². The van der Waals surface area contributed by atoms with Gasteiger partial charge in [-0.05, 0) is 30.7 Å². The Morgan fingerprint density at radius 1 is 1.50 bits per heavy atom. The first-order chi connectivity index (χ1) is 7.70. The van der Waals surface area contributed by atoms with E-state index >= 15 is 0 Å². The fourth-order valence-corrected chi connectivity index (χ4v) is 1.85. The smallest absolute Gasteiger partial charge is 0.255 e. The van der Waals surface area contributed by atoms with Crippen molar-refractivity contribution in [3.05, 3.63) is 34.1 Å². The van der Waals surface area contributed by atoms with Crippen molar-refractivity contribution < 1.29 is 9.36 Å². The molecule has 0 aliphatic carbocycles. The number of nitrogens with two attached hydrogens (primary N) is 1. The number of rotatable bonds is 3. The molecule has 5 nitrogen and oxygen atoms in total. The predicted molar refractivity (Wildman–Crippen MR) is 61.1 cm³/mol. The molecule has 0 atom stereocenters. The second kappa shape index (κ2) is 4.73. The summed E-state index contributed by atoms with van der Waals surface area (Å²) in [4.78, 5) is 8.59. The minimum absolute atomic E-state index is 0.114. The van der Waals surface area contributed by atoms with Crippen LogP contribution in [0.3, 0.4) is 0 Å². The van der Waals surface area contributed by atoms with Crippen LogP contribution in [0.1, 0.15) is 11.5 Å². The summed E-state index contributed by atoms with van der Waals surface area (Å²) in [7, 11) is 0. The summed E-state index contributed by atoms with van der Waals surface area (Å²) in [6, 6.07) is 5.85. The van der Waals surface area contributed by atoms with Crippen LogP contribution in [-0.4, -0.2) is 10.1 Å². The number of hydrogen-bond acceptors (Lipinski definition) is 5. The fourth-order valence-electron chi connectivity index (χ4n) is 1.37. The molecule has 0 aliphatic heterocycles. The zero-order valence-electron chi connectivity index (χ0n) is 8.61. The second-order valence-corrected chi connectivity index (χ2v) is 4.20. The lowest BCUT2D eigenvalue weighted by Gasteiger charge is -2.00. The number of nitrogens with zero attached hydrogens (tertiary/aromatic N) is 2. The summed E-state index contributed by atoms with van der Waals surface area (Å²) in [5.41, 5.74) is 1.99. The standard InChI is InChI=1S/C10H10BrN3O2/c1-6-4-7(11)2-3-8(6)10-13-9(5-15-12)16-14-10/h2-4H,5,12H2,1H3. The van der Waals surface area contributed by atoms with Crippen molar-refractivity contribution in [3.8, 4) is 11.4 Å². The summed E-state index contributed by atoms with van der Waals surface area (Å²) >= 11 is 3.40. The highest BCUT2D eigenvalue weighted by atomic mass is 79.9. The number of benzene rings is 1. The molecule has 2 aromatic rings. The quantitative estimate of drug-likeness (QED) is 0.874. The lowest BCUT2D eigenvalue weighted by Crippen LogP contribution is -1.98. The van der Waals surface area contributed by atoms with Gasteiger partial charge < -0.3 is 4.52 Å². The SMILES string of the molecule is Cc1cc(Br)ccc1-c1noc(CON)n1. The number of aryl methyl sites for hydroxylation is 1. The van der Waals surface area contributed by atoms with Crippen LogP contribution in [0.25, 0.3) is 11.4 Å². The van der Waals surface area contributed by atoms with Crippen molar-refractivity contribution in [2.24, 2.45) is 5.90 Å². The normalized spacial score (nSPS) is 10.7. The van der Waals surface area contributed by atoms with E-state index in [1.54, 1.807) is 0 Å². The van der Waals surface area contributed by atoms with Crippen molar-refractivity contribution in [2.45, 2.75) is 13.5 Å². The molecule has 0 amide bonds. The molecule has 16 heavy (non-hydrogen) atoms. The number of aromatic nitrogens is 2. The van der Waals surface area contributed by atoms with Gasteiger partial charge in [-0.15, -0.1) is 0 Å². The maximum absolute atomic E-state index is 4.97. The third-order valence-electron chi connectivity index (χ3n) is 2.10. The van der Waals surface area contributed by atoms with Crippen LogP contribution in [0, 0.1) is 6.92 Å². The van der Waals surface area contributed by atoms with Crippen LogP contribution in [0.4, 0.5) is 0 Å². The molecule has 0 unspecified atom stereocenters. The summed E-state index contributed by atoms with van der Waals surface area (Å²) in [6.07, 6.45) is 0. The van der Waals surface area contributed by atoms with Gasteiger partial charge in [-0.3, -0.25) is 4.84 Å². The highest BCUT2D eigenvalue weighted by molar-refractivity contribution is 9.10. The first-order valence-corrected chi connectivity index (χ1v) is 5.41. The maximum Gasteiger partial charge on any atom is 0.255 e. The van der Waals surface area contributed by atoms with Crippen LogP contribution < -0.4 is 5.90 Å². The minimum Gasteiger partial charge on any atom is -0.336 e. The molecule has 0 saturated carbocycles. The molecule has 1 aromatic carbocycles. The molecule has 0 spiro atoms. The van der Waals surface area contributed by atoms with Crippen LogP contribution >= 0.6 is 15.9 Å². The van der Waals surface area contributed by atoms with E-state index in [9.17, 15) is 0 Å². The predicted octanol–water partition coefficient (Wildman–Crippen LogP) is 2.20. The minimum atomic E-state index is 0.114. The Morgan fingerprint density at radius 2 is 2.31 bits per heavy atom. The van der Waals surface area contributed by atoms with Gasteiger partial charge in [-0.1, -0.05) is 21.1 Å². The Kier molecular flexibility index (Phi) is 3.33. The van der Waals surface area contributed by atoms with E-state index in [4.69, 9.17) is 10.4 Å². The van der Waals surface area contributed by atoms with Crippen LogP contribution in [0.15, 0.2) is 27.2 Å². The van der Waals surface area contributed by atoms with Crippen molar-refractivity contribution in [2.75, 3.05) is 0 Å². The molecular weight excluding hydrogens is 274 g/mol. The van der Waals surface area contributed by atoms with E-state index in [1.165, 1.54) is 0 Å². The molecule has 2 N–H and O–H groups in total. The van der Waals surface area contributed by atoms with Gasteiger partial charge in [0.15, 0.2) is 0 Å². The second-order valence-electron chi connectivity index (χ2n) is 3.28. The van der Waals surface area contributed by atoms with Gasteiger partial charge >= 0.3 is 0 Å². The van der Waals surface area contributed by atoms with Gasteiger partial charge in [-0.25, -0.2) is 5.90 Å². The van der Waals surface area contributed by atoms with E-state index in [0.717, 1.165) is 15.6 Å². The molecular formula is C10H10BrN3O2. The summed E-state index contributed by atoms with van der Waals surface area (Å²) in [5.74, 6) is 5.82. The third kappa shape index (κ3) is 2.29. The molecule has 1 aromatic heterocycles. The van der Waals surface area contributed by atoms with E-state index < -0.39 is 0 Å². The van der Waals surface area contributed by atoms with Crippen LogP contribution in [0.2, 0.25) is 0 Å². The van der Waals surface area contributed by atoms with Crippen molar-refractivity contribution in [3.63, 3.8) is 0 Å². The van der Waals surface area contributed by atoms with Crippen LogP contribution in [-0.2, 0) is 11.4 Å². The zero-order valence-corrected chi connectivity index (χ0v) is 10.2. The molecule has 0 radical (unpaired) electrons. The molecule has 0 saturated heterocycles. The Morgan fingerprint density at radius 3 is 3.00 bits per heavy atom. The Labute approximate surface area is 101 Å². The van der Waals surface area contributed by atoms with E-state index in [1.807, 2.05) is 25.1 Å². The Bertz CT molecular complexity index is 499. The van der Waals surface area contributed by atoms with Crippen LogP contribution in [0.5, 0.6) is 0 Å². The Hall–Kier alpha value is -1.24. The summed E-state index contributed by atoms with van der Waals surface area (Å²) in [6.45, 7) is 2.10. The third-order valence-corrected chi connectivity index (χ3v) is 2.60. The average molecular weight is 284 g/mol. The first kappa shape index (κ1) is 11.3. The van der Waals surface area contributed by atoms with Gasteiger partial charge in [0.25, 0.3) is 5.89 Å². The lowest BCUT2D eigenvalue weighted by atomic mass is 10.1. The average Bonchev–Trinajstić information content (AvgIpc) is 2.67. The summed E-state index contributed by atoms with van der Waals surface area (Å²) in [5, 5.41) is 3.86. The summed E-state index contributed by atoms with van der Waals surface area (Å²) < 4.78 is 5.98. The van der Waals surface area contributed by atoms with E-state index in [2.05, 4.69) is 30.9 Å². The van der Waals surface area contributed by atoms with E-state index in [0.29, 0.717) is 11.7 Å². The molecule has 2 rings (SSSR count). The van der Waals surface area contributed by atoms with Crippen molar-refractivity contribution >= 4 is 15.9 Å². The van der Waals surface area contributed by atoms with Crippen molar-refractivity contribution in [1.29, 1.82) is 0 Å². The molecule has 0 bridgehead atoms. The van der Waals surface area contributed by atoms with Gasteiger partial charge in [0.05, 0.1) is 0 Å². The highest BCUT2D eigenvalue weighted by Gasteiger charge is 2.10. The van der Waals surface area contributed by atoms with Gasteiger partial charge in [0.2, 0.25) is 5.82 Å². The van der Waals surface area contributed by atoms with Gasteiger partial charge in [0, 0.05) is 10.0 Å².